The van der Waals surface area contributed by atoms with Crippen LogP contribution in [0.25, 0.3) is 0 Å². The predicted molar refractivity (Wildman–Crippen MR) is 86.6 cm³/mol. The molecule has 1 aromatic rings. The lowest BCUT2D eigenvalue weighted by Gasteiger charge is -2.24. The van der Waals surface area contributed by atoms with Crippen molar-refractivity contribution in [3.63, 3.8) is 0 Å². The van der Waals surface area contributed by atoms with Crippen LogP contribution in [0, 0.1) is 0 Å². The number of nitrogens with zero attached hydrogens (tertiary/aromatic N) is 4. The van der Waals surface area contributed by atoms with Crippen LogP contribution in [0.4, 0.5) is 10.7 Å². The van der Waals surface area contributed by atoms with E-state index in [2.05, 4.69) is 9.97 Å². The molecule has 0 aromatic carbocycles. The smallest absolute Gasteiger partial charge is 0.354 e. The van der Waals surface area contributed by atoms with Crippen LogP contribution in [-0.4, -0.2) is 76.2 Å². The first kappa shape index (κ1) is 20.8. The molecular formula is C10H18N6O7S2. The van der Waals surface area contributed by atoms with E-state index in [1.165, 1.54) is 20.3 Å². The Balaban J connectivity index is 3.34. The zero-order chi connectivity index (χ0) is 19.4. The van der Waals surface area contributed by atoms with E-state index in [1.54, 1.807) is 4.72 Å². The van der Waals surface area contributed by atoms with Gasteiger partial charge in [-0.2, -0.15) is 35.8 Å². The van der Waals surface area contributed by atoms with E-state index in [0.717, 1.165) is 21.1 Å². The SMILES string of the molecule is CNS(=O)(=O)N(C(=O)Nc1nc(OC)cc(OC)n1)S(=O)(=O)N(C)C. The Hall–Kier alpha value is -2.23. The summed E-state index contributed by atoms with van der Waals surface area (Å²) in [6.45, 7) is 0. The van der Waals surface area contributed by atoms with Crippen molar-refractivity contribution in [2.45, 2.75) is 0 Å². The number of amides is 2. The van der Waals surface area contributed by atoms with Gasteiger partial charge in [0.25, 0.3) is 0 Å². The summed E-state index contributed by atoms with van der Waals surface area (Å²) in [6.07, 6.45) is 0. The highest BCUT2D eigenvalue weighted by atomic mass is 32.3. The van der Waals surface area contributed by atoms with Gasteiger partial charge in [0, 0.05) is 21.1 Å². The molecule has 0 saturated carbocycles. The van der Waals surface area contributed by atoms with Crippen LogP contribution < -0.4 is 19.5 Å². The lowest BCUT2D eigenvalue weighted by atomic mass is 10.6. The molecule has 0 aliphatic heterocycles. The Bertz CT molecular complexity index is 817. The lowest BCUT2D eigenvalue weighted by molar-refractivity contribution is 0.245. The van der Waals surface area contributed by atoms with Crippen LogP contribution in [-0.2, 0) is 20.4 Å². The van der Waals surface area contributed by atoms with Gasteiger partial charge in [-0.3, -0.25) is 5.32 Å². The van der Waals surface area contributed by atoms with Crippen LogP contribution in [0.5, 0.6) is 11.8 Å². The summed E-state index contributed by atoms with van der Waals surface area (Å²) in [5.41, 5.74) is 0. The number of nitrogens with one attached hydrogen (secondary N) is 2. The van der Waals surface area contributed by atoms with Gasteiger partial charge >= 0.3 is 26.4 Å². The summed E-state index contributed by atoms with van der Waals surface area (Å²) in [5.74, 6) is -0.423. The van der Waals surface area contributed by atoms with Crippen molar-refractivity contribution >= 4 is 32.4 Å². The normalized spacial score (nSPS) is 11.9. The van der Waals surface area contributed by atoms with Crippen molar-refractivity contribution in [3.8, 4) is 11.8 Å². The first-order valence-electron chi connectivity index (χ1n) is 6.44. The lowest BCUT2D eigenvalue weighted by Crippen LogP contribution is -2.52. The van der Waals surface area contributed by atoms with Gasteiger partial charge in [-0.25, -0.2) is 4.79 Å². The van der Waals surface area contributed by atoms with Gasteiger partial charge in [0.05, 0.1) is 20.3 Å². The zero-order valence-electron chi connectivity index (χ0n) is 14.0. The number of ether oxygens (including phenoxy) is 2. The molecule has 2 amide bonds. The Morgan fingerprint density at radius 2 is 1.56 bits per heavy atom. The third-order valence-corrected chi connectivity index (χ3v) is 6.41. The molecule has 0 aliphatic rings. The minimum Gasteiger partial charge on any atom is -0.481 e. The minimum absolute atomic E-state index is 0.000593. The number of urea groups is 1. The predicted octanol–water partition coefficient (Wildman–Crippen LogP) is -1.40. The van der Waals surface area contributed by atoms with E-state index in [-0.39, 0.29) is 15.5 Å². The molecule has 1 aromatic heterocycles. The van der Waals surface area contributed by atoms with E-state index in [9.17, 15) is 21.6 Å². The molecule has 25 heavy (non-hydrogen) atoms. The van der Waals surface area contributed by atoms with Gasteiger partial charge < -0.3 is 9.47 Å². The van der Waals surface area contributed by atoms with Crippen LogP contribution in [0.15, 0.2) is 6.07 Å². The van der Waals surface area contributed by atoms with Crippen molar-refractivity contribution in [1.29, 1.82) is 0 Å². The van der Waals surface area contributed by atoms with Crippen molar-refractivity contribution in [2.24, 2.45) is 0 Å². The molecule has 0 bridgehead atoms. The first-order chi connectivity index (χ1) is 11.5. The molecule has 2 N–H and O–H groups in total. The minimum atomic E-state index is -4.69. The van der Waals surface area contributed by atoms with Gasteiger partial charge in [-0.05, 0) is 0 Å². The molecule has 1 rings (SSSR count). The second-order valence-corrected chi connectivity index (χ2v) is 8.35. The zero-order valence-corrected chi connectivity index (χ0v) is 15.7. The standard InChI is InChI=1S/C10H18N6O7S2/c1-11-24(18,19)16(25(20,21)15(2)3)10(17)14-9-12-7(22-4)6-8(13-9)23-5/h6,11H,1-5H3,(H,12,13,14,17). The summed E-state index contributed by atoms with van der Waals surface area (Å²) < 4.78 is 60.1. The number of carbonyl (C=O) groups is 1. The van der Waals surface area contributed by atoms with E-state index >= 15 is 0 Å². The maximum absolute atomic E-state index is 12.3. The average Bonchev–Trinajstić information content (AvgIpc) is 2.53. The highest BCUT2D eigenvalue weighted by Crippen LogP contribution is 2.19. The summed E-state index contributed by atoms with van der Waals surface area (Å²) >= 11 is 0. The highest BCUT2D eigenvalue weighted by Gasteiger charge is 2.40. The van der Waals surface area contributed by atoms with E-state index in [1.807, 2.05) is 5.32 Å². The topological polar surface area (TPSA) is 160 Å². The fourth-order valence-electron chi connectivity index (χ4n) is 1.38. The fraction of sp³-hybridized carbons (Fsp3) is 0.500. The van der Waals surface area contributed by atoms with Crippen molar-refractivity contribution in [3.05, 3.63) is 6.07 Å². The molecule has 142 valence electrons. The second-order valence-electron chi connectivity index (χ2n) is 4.40. The van der Waals surface area contributed by atoms with Crippen molar-refractivity contribution in [1.82, 2.24) is 22.7 Å². The molecule has 13 nitrogen and oxygen atoms in total. The Labute approximate surface area is 145 Å². The number of aromatic nitrogens is 2. The van der Waals surface area contributed by atoms with Gasteiger partial charge in [0.2, 0.25) is 17.7 Å². The van der Waals surface area contributed by atoms with Crippen LogP contribution in [0.1, 0.15) is 0 Å². The van der Waals surface area contributed by atoms with Crippen LogP contribution in [0.3, 0.4) is 0 Å². The summed E-state index contributed by atoms with van der Waals surface area (Å²) in [7, 11) is -3.70. The first-order valence-corrected chi connectivity index (χ1v) is 9.27. The summed E-state index contributed by atoms with van der Waals surface area (Å²) in [5, 5.41) is 1.97. The average molecular weight is 398 g/mol. The molecule has 0 atom stereocenters. The molecule has 0 saturated heterocycles. The largest absolute Gasteiger partial charge is 0.481 e. The molecular weight excluding hydrogens is 380 g/mol. The van der Waals surface area contributed by atoms with Gasteiger partial charge in [0.1, 0.15) is 0 Å². The summed E-state index contributed by atoms with van der Waals surface area (Å²) in [4.78, 5) is 19.8. The Morgan fingerprint density at radius 3 is 1.92 bits per heavy atom. The maximum atomic E-state index is 12.3. The number of rotatable bonds is 7. The Kier molecular flexibility index (Phi) is 6.47. The van der Waals surface area contributed by atoms with Crippen LogP contribution in [0.2, 0.25) is 0 Å². The number of hydrogen-bond acceptors (Lipinski definition) is 9. The van der Waals surface area contributed by atoms with Gasteiger partial charge in [-0.1, -0.05) is 3.71 Å². The van der Waals surface area contributed by atoms with Gasteiger partial charge in [0.15, 0.2) is 0 Å². The molecule has 1 heterocycles. The molecule has 0 unspecified atom stereocenters. The van der Waals surface area contributed by atoms with Gasteiger partial charge in [-0.15, -0.1) is 0 Å². The number of hydrogen-bond donors (Lipinski definition) is 2. The third-order valence-electron chi connectivity index (χ3n) is 2.63. The quantitative estimate of drug-likeness (QED) is 0.563. The fourth-order valence-corrected chi connectivity index (χ4v) is 3.98. The Morgan fingerprint density at radius 1 is 1.08 bits per heavy atom. The van der Waals surface area contributed by atoms with Crippen molar-refractivity contribution < 1.29 is 31.1 Å². The summed E-state index contributed by atoms with van der Waals surface area (Å²) in [6, 6.07) is -0.229. The van der Waals surface area contributed by atoms with Crippen molar-refractivity contribution in [2.75, 3.05) is 40.7 Å². The number of methoxy groups -OCH3 is 2. The van der Waals surface area contributed by atoms with E-state index < -0.39 is 32.4 Å². The van der Waals surface area contributed by atoms with Crippen LogP contribution >= 0.6 is 0 Å². The van der Waals surface area contributed by atoms with E-state index in [4.69, 9.17) is 9.47 Å². The molecule has 0 spiro atoms. The number of anilines is 1. The molecule has 0 fully saturated rings. The monoisotopic (exact) mass is 398 g/mol. The maximum Gasteiger partial charge on any atom is 0.354 e. The highest BCUT2D eigenvalue weighted by molar-refractivity contribution is 8.02. The molecule has 0 aliphatic carbocycles. The second kappa shape index (κ2) is 7.77. The third kappa shape index (κ3) is 4.65. The van der Waals surface area contributed by atoms with E-state index in [0.29, 0.717) is 4.31 Å². The number of carbonyl (C=O) groups excluding carboxylic acids is 1. The molecule has 0 radical (unpaired) electrons. The molecule has 15 heteroatoms.